The summed E-state index contributed by atoms with van der Waals surface area (Å²) in [7, 11) is 0. The van der Waals surface area contributed by atoms with Gasteiger partial charge in [0.2, 0.25) is 0 Å². The molecule has 3 heteroatoms. The van der Waals surface area contributed by atoms with Gasteiger partial charge in [0.25, 0.3) is 0 Å². The molecule has 3 nitrogen and oxygen atoms in total. The first kappa shape index (κ1) is 14.0. The highest BCUT2D eigenvalue weighted by Gasteiger charge is 2.24. The zero-order chi connectivity index (χ0) is 14.7. The standard InChI is InChI=1S/C18H20N2O/c1-13-6-7-16(14-4-2-8-19-11-14)17(10-13)18(21)15-5-3-9-20-12-15/h2,4,6-8,10-11,15,20H,3,5,9,12H2,1H3. The average molecular weight is 280 g/mol. The van der Waals surface area contributed by atoms with E-state index in [1.54, 1.807) is 6.20 Å². The first-order valence-electron chi connectivity index (χ1n) is 7.51. The summed E-state index contributed by atoms with van der Waals surface area (Å²) in [6.45, 7) is 3.84. The zero-order valence-electron chi connectivity index (χ0n) is 12.3. The predicted octanol–water partition coefficient (Wildman–Crippen LogP) is 3.24. The summed E-state index contributed by atoms with van der Waals surface area (Å²) in [4.78, 5) is 17.1. The third-order valence-electron chi connectivity index (χ3n) is 4.08. The van der Waals surface area contributed by atoms with E-state index in [2.05, 4.69) is 16.4 Å². The van der Waals surface area contributed by atoms with Gasteiger partial charge in [-0.1, -0.05) is 23.8 Å². The fraction of sp³-hybridized carbons (Fsp3) is 0.333. The van der Waals surface area contributed by atoms with E-state index in [1.807, 2.05) is 37.4 Å². The summed E-state index contributed by atoms with van der Waals surface area (Å²) in [5, 5.41) is 3.33. The minimum absolute atomic E-state index is 0.0935. The molecule has 1 aliphatic rings. The second kappa shape index (κ2) is 6.19. The number of ketones is 1. The van der Waals surface area contributed by atoms with Crippen LogP contribution in [-0.2, 0) is 0 Å². The smallest absolute Gasteiger partial charge is 0.167 e. The Balaban J connectivity index is 2.00. The molecule has 0 bridgehead atoms. The molecule has 0 saturated carbocycles. The van der Waals surface area contributed by atoms with Crippen molar-refractivity contribution in [2.75, 3.05) is 13.1 Å². The number of hydrogen-bond acceptors (Lipinski definition) is 3. The second-order valence-corrected chi connectivity index (χ2v) is 5.70. The van der Waals surface area contributed by atoms with Gasteiger partial charge in [0.15, 0.2) is 5.78 Å². The number of aryl methyl sites for hydroxylation is 1. The van der Waals surface area contributed by atoms with Crippen molar-refractivity contribution in [3.63, 3.8) is 0 Å². The summed E-state index contributed by atoms with van der Waals surface area (Å²) in [6, 6.07) is 10.0. The highest BCUT2D eigenvalue weighted by molar-refractivity contribution is 6.04. The molecule has 0 amide bonds. The normalized spacial score (nSPS) is 18.4. The van der Waals surface area contributed by atoms with E-state index < -0.39 is 0 Å². The summed E-state index contributed by atoms with van der Waals surface area (Å²) >= 11 is 0. The lowest BCUT2D eigenvalue weighted by Crippen LogP contribution is -2.34. The number of piperidine rings is 1. The molecular formula is C18H20N2O. The van der Waals surface area contributed by atoms with Crippen LogP contribution in [-0.4, -0.2) is 23.9 Å². The lowest BCUT2D eigenvalue weighted by molar-refractivity contribution is 0.0900. The van der Waals surface area contributed by atoms with E-state index >= 15 is 0 Å². The van der Waals surface area contributed by atoms with Gasteiger partial charge in [0.05, 0.1) is 0 Å². The Kier molecular flexibility index (Phi) is 4.11. The maximum Gasteiger partial charge on any atom is 0.167 e. The topological polar surface area (TPSA) is 42.0 Å². The van der Waals surface area contributed by atoms with Crippen molar-refractivity contribution in [1.29, 1.82) is 0 Å². The van der Waals surface area contributed by atoms with Gasteiger partial charge in [0, 0.05) is 36.0 Å². The van der Waals surface area contributed by atoms with Crippen LogP contribution in [0.4, 0.5) is 0 Å². The number of carbonyl (C=O) groups excluding carboxylic acids is 1. The number of pyridine rings is 1. The van der Waals surface area contributed by atoms with E-state index in [0.717, 1.165) is 48.2 Å². The van der Waals surface area contributed by atoms with Crippen molar-refractivity contribution in [3.8, 4) is 11.1 Å². The molecule has 1 aromatic carbocycles. The van der Waals surface area contributed by atoms with Gasteiger partial charge in [0.1, 0.15) is 0 Å². The SMILES string of the molecule is Cc1ccc(-c2cccnc2)c(C(=O)C2CCCNC2)c1. The molecule has 1 aromatic heterocycles. The molecule has 21 heavy (non-hydrogen) atoms. The average Bonchev–Trinajstić information content (AvgIpc) is 2.56. The van der Waals surface area contributed by atoms with E-state index in [4.69, 9.17) is 0 Å². The molecule has 1 aliphatic heterocycles. The molecule has 0 aliphatic carbocycles. The van der Waals surface area contributed by atoms with Crippen molar-refractivity contribution < 1.29 is 4.79 Å². The molecule has 1 atom stereocenters. The van der Waals surface area contributed by atoms with Crippen LogP contribution < -0.4 is 5.32 Å². The van der Waals surface area contributed by atoms with Gasteiger partial charge < -0.3 is 5.32 Å². The van der Waals surface area contributed by atoms with Gasteiger partial charge in [-0.05, 0) is 44.0 Å². The Hall–Kier alpha value is -2.00. The van der Waals surface area contributed by atoms with E-state index in [-0.39, 0.29) is 11.7 Å². The molecule has 108 valence electrons. The van der Waals surface area contributed by atoms with Crippen LogP contribution in [0.25, 0.3) is 11.1 Å². The molecule has 1 saturated heterocycles. The number of nitrogens with one attached hydrogen (secondary N) is 1. The molecule has 1 N–H and O–H groups in total. The lowest BCUT2D eigenvalue weighted by Gasteiger charge is -2.22. The van der Waals surface area contributed by atoms with Gasteiger partial charge in [-0.3, -0.25) is 9.78 Å². The van der Waals surface area contributed by atoms with Crippen molar-refractivity contribution in [2.45, 2.75) is 19.8 Å². The maximum atomic E-state index is 12.9. The Morgan fingerprint density at radius 3 is 2.95 bits per heavy atom. The van der Waals surface area contributed by atoms with Gasteiger partial charge in [-0.15, -0.1) is 0 Å². The molecular weight excluding hydrogens is 260 g/mol. The van der Waals surface area contributed by atoms with E-state index in [0.29, 0.717) is 0 Å². The monoisotopic (exact) mass is 280 g/mol. The number of aromatic nitrogens is 1. The lowest BCUT2D eigenvalue weighted by atomic mass is 9.87. The highest BCUT2D eigenvalue weighted by Crippen LogP contribution is 2.27. The van der Waals surface area contributed by atoms with Crippen molar-refractivity contribution in [3.05, 3.63) is 53.9 Å². The minimum atomic E-state index is 0.0935. The van der Waals surface area contributed by atoms with E-state index in [9.17, 15) is 4.79 Å². The molecule has 0 radical (unpaired) electrons. The van der Waals surface area contributed by atoms with Crippen LogP contribution in [0.1, 0.15) is 28.8 Å². The summed E-state index contributed by atoms with van der Waals surface area (Å²) in [5.74, 6) is 0.348. The van der Waals surface area contributed by atoms with Crippen LogP contribution in [0.2, 0.25) is 0 Å². The number of carbonyl (C=O) groups is 1. The number of Topliss-reactive ketones (excluding diaryl/α,β-unsaturated/α-hetero) is 1. The van der Waals surface area contributed by atoms with E-state index in [1.165, 1.54) is 0 Å². The first-order chi connectivity index (χ1) is 10.3. The van der Waals surface area contributed by atoms with Crippen molar-refractivity contribution in [1.82, 2.24) is 10.3 Å². The zero-order valence-corrected chi connectivity index (χ0v) is 12.3. The van der Waals surface area contributed by atoms with Gasteiger partial charge in [-0.2, -0.15) is 0 Å². The predicted molar refractivity (Wildman–Crippen MR) is 84.3 cm³/mol. The first-order valence-corrected chi connectivity index (χ1v) is 7.51. The van der Waals surface area contributed by atoms with Crippen molar-refractivity contribution >= 4 is 5.78 Å². The fourth-order valence-electron chi connectivity index (χ4n) is 2.93. The van der Waals surface area contributed by atoms with Gasteiger partial charge in [-0.25, -0.2) is 0 Å². The van der Waals surface area contributed by atoms with Crippen LogP contribution in [0, 0.1) is 12.8 Å². The number of benzene rings is 1. The van der Waals surface area contributed by atoms with Crippen LogP contribution in [0.15, 0.2) is 42.7 Å². The second-order valence-electron chi connectivity index (χ2n) is 5.70. The molecule has 3 rings (SSSR count). The summed E-state index contributed by atoms with van der Waals surface area (Å²) < 4.78 is 0. The van der Waals surface area contributed by atoms with Crippen LogP contribution >= 0.6 is 0 Å². The molecule has 1 fully saturated rings. The number of hydrogen-bond donors (Lipinski definition) is 1. The minimum Gasteiger partial charge on any atom is -0.316 e. The molecule has 2 heterocycles. The van der Waals surface area contributed by atoms with Crippen molar-refractivity contribution in [2.24, 2.45) is 5.92 Å². The molecule has 0 spiro atoms. The fourth-order valence-corrected chi connectivity index (χ4v) is 2.93. The largest absolute Gasteiger partial charge is 0.316 e. The Bertz CT molecular complexity index is 631. The Labute approximate surface area is 125 Å². The third-order valence-corrected chi connectivity index (χ3v) is 4.08. The Morgan fingerprint density at radius 2 is 2.24 bits per heavy atom. The Morgan fingerprint density at radius 1 is 1.33 bits per heavy atom. The molecule has 1 unspecified atom stereocenters. The molecule has 2 aromatic rings. The van der Waals surface area contributed by atoms with Crippen LogP contribution in [0.5, 0.6) is 0 Å². The number of rotatable bonds is 3. The number of nitrogens with zero attached hydrogens (tertiary/aromatic N) is 1. The van der Waals surface area contributed by atoms with Gasteiger partial charge >= 0.3 is 0 Å². The summed E-state index contributed by atoms with van der Waals surface area (Å²) in [6.07, 6.45) is 5.63. The summed E-state index contributed by atoms with van der Waals surface area (Å²) in [5.41, 5.74) is 3.94. The highest BCUT2D eigenvalue weighted by atomic mass is 16.1. The van der Waals surface area contributed by atoms with Crippen LogP contribution in [0.3, 0.4) is 0 Å². The third kappa shape index (κ3) is 3.03. The maximum absolute atomic E-state index is 12.9. The quantitative estimate of drug-likeness (QED) is 0.878.